The van der Waals surface area contributed by atoms with E-state index in [2.05, 4.69) is 22.9 Å². The molecule has 7 heteroatoms. The normalized spacial score (nSPS) is 17.5. The highest BCUT2D eigenvalue weighted by Gasteiger charge is 2.25. The van der Waals surface area contributed by atoms with Gasteiger partial charge >= 0.3 is 0 Å². The Hall–Kier alpha value is -2.22. The summed E-state index contributed by atoms with van der Waals surface area (Å²) in [6.45, 7) is 6.50. The van der Waals surface area contributed by atoms with Crippen molar-refractivity contribution in [2.45, 2.75) is 77.2 Å². The van der Waals surface area contributed by atoms with E-state index >= 15 is 0 Å². The average molecular weight is 428 g/mol. The second-order valence-corrected chi connectivity index (χ2v) is 8.66. The predicted molar refractivity (Wildman–Crippen MR) is 126 cm³/mol. The first-order chi connectivity index (χ1) is 14.9. The van der Waals surface area contributed by atoms with Crippen LogP contribution in [0.1, 0.15) is 61.9 Å². The number of nitrogens with two attached hydrogens (primary N) is 1. The molecule has 170 valence electrons. The smallest absolute Gasteiger partial charge is 0.256 e. The van der Waals surface area contributed by atoms with Gasteiger partial charge in [-0.3, -0.25) is 4.79 Å². The van der Waals surface area contributed by atoms with E-state index in [0.717, 1.165) is 22.9 Å². The fourth-order valence-corrected chi connectivity index (χ4v) is 4.36. The van der Waals surface area contributed by atoms with Crippen molar-refractivity contribution in [3.05, 3.63) is 35.4 Å². The summed E-state index contributed by atoms with van der Waals surface area (Å²) in [7, 11) is 1.74. The van der Waals surface area contributed by atoms with Crippen LogP contribution in [0.15, 0.2) is 24.3 Å². The Balaban J connectivity index is 1.81. The van der Waals surface area contributed by atoms with Crippen LogP contribution in [0.5, 0.6) is 0 Å². The van der Waals surface area contributed by atoms with Gasteiger partial charge in [0.2, 0.25) is 0 Å². The number of carbonyl (C=O) groups excluding carboxylic acids is 1. The van der Waals surface area contributed by atoms with E-state index in [4.69, 9.17) is 15.5 Å². The molecule has 0 saturated heterocycles. The largest absolute Gasteiger partial charge is 0.378 e. The summed E-state index contributed by atoms with van der Waals surface area (Å²) in [6, 6.07) is 8.73. The Labute approximate surface area is 185 Å². The number of fused-ring (bicyclic) bond motifs is 1. The van der Waals surface area contributed by atoms with Crippen LogP contribution in [0.3, 0.4) is 0 Å². The Morgan fingerprint density at radius 2 is 2.03 bits per heavy atom. The number of hydrogen-bond acceptors (Lipinski definition) is 6. The molecular formula is C24H37N5O2. The van der Waals surface area contributed by atoms with E-state index in [1.54, 1.807) is 14.0 Å². The van der Waals surface area contributed by atoms with E-state index in [0.29, 0.717) is 24.0 Å². The van der Waals surface area contributed by atoms with Gasteiger partial charge in [-0.15, -0.1) is 0 Å². The van der Waals surface area contributed by atoms with Crippen LogP contribution in [-0.2, 0) is 4.74 Å². The fourth-order valence-electron chi connectivity index (χ4n) is 4.36. The first kappa shape index (κ1) is 23.4. The number of pyridine rings is 1. The van der Waals surface area contributed by atoms with Gasteiger partial charge in [0.1, 0.15) is 5.82 Å². The van der Waals surface area contributed by atoms with Crippen molar-refractivity contribution in [2.75, 3.05) is 19.0 Å². The SMILES string of the molecule is CCC(NC1CCCC1)C(CNc1nc2ccc(C)cc2cc1C(=O)NC(C)N)OC. The maximum atomic E-state index is 12.8. The molecule has 0 spiro atoms. The van der Waals surface area contributed by atoms with Gasteiger partial charge < -0.3 is 26.4 Å². The summed E-state index contributed by atoms with van der Waals surface area (Å²) in [5.41, 5.74) is 8.25. The number of ether oxygens (including phenoxy) is 1. The summed E-state index contributed by atoms with van der Waals surface area (Å²) < 4.78 is 5.83. The molecular weight excluding hydrogens is 390 g/mol. The third-order valence-electron chi connectivity index (χ3n) is 6.04. The number of nitrogens with one attached hydrogen (secondary N) is 3. The van der Waals surface area contributed by atoms with Gasteiger partial charge in [-0.2, -0.15) is 0 Å². The second kappa shape index (κ2) is 10.9. The Morgan fingerprint density at radius 3 is 2.68 bits per heavy atom. The quantitative estimate of drug-likeness (QED) is 0.434. The molecule has 7 nitrogen and oxygen atoms in total. The number of hydrogen-bond donors (Lipinski definition) is 4. The Bertz CT molecular complexity index is 880. The first-order valence-electron chi connectivity index (χ1n) is 11.4. The van der Waals surface area contributed by atoms with Crippen molar-refractivity contribution >= 4 is 22.6 Å². The molecule has 0 bridgehead atoms. The van der Waals surface area contributed by atoms with Gasteiger partial charge in [-0.25, -0.2) is 4.98 Å². The highest BCUT2D eigenvalue weighted by molar-refractivity contribution is 6.02. The van der Waals surface area contributed by atoms with Crippen molar-refractivity contribution < 1.29 is 9.53 Å². The van der Waals surface area contributed by atoms with E-state index in [1.165, 1.54) is 25.7 Å². The topological polar surface area (TPSA) is 101 Å². The number of amides is 1. The highest BCUT2D eigenvalue weighted by Crippen LogP contribution is 2.23. The van der Waals surface area contributed by atoms with Crippen LogP contribution in [0.25, 0.3) is 10.9 Å². The van der Waals surface area contributed by atoms with Gasteiger partial charge in [0.05, 0.1) is 23.3 Å². The minimum absolute atomic E-state index is 0.0366. The van der Waals surface area contributed by atoms with Crippen molar-refractivity contribution in [1.82, 2.24) is 15.6 Å². The summed E-state index contributed by atoms with van der Waals surface area (Å²) in [5.74, 6) is 0.311. The lowest BCUT2D eigenvalue weighted by Crippen LogP contribution is -2.47. The van der Waals surface area contributed by atoms with Crippen molar-refractivity contribution in [1.29, 1.82) is 0 Å². The van der Waals surface area contributed by atoms with Crippen molar-refractivity contribution in [3.63, 3.8) is 0 Å². The predicted octanol–water partition coefficient (Wildman–Crippen LogP) is 3.32. The molecule has 0 radical (unpaired) electrons. The third kappa shape index (κ3) is 6.15. The van der Waals surface area contributed by atoms with Crippen LogP contribution < -0.4 is 21.7 Å². The number of rotatable bonds is 10. The lowest BCUT2D eigenvalue weighted by molar-refractivity contribution is 0.0724. The number of methoxy groups -OCH3 is 1. The molecule has 3 rings (SSSR count). The van der Waals surface area contributed by atoms with Gasteiger partial charge in [0.15, 0.2) is 0 Å². The minimum Gasteiger partial charge on any atom is -0.378 e. The molecule has 1 heterocycles. The second-order valence-electron chi connectivity index (χ2n) is 8.66. The third-order valence-corrected chi connectivity index (χ3v) is 6.04. The fraction of sp³-hybridized carbons (Fsp3) is 0.583. The Kier molecular flexibility index (Phi) is 8.23. The molecule has 1 amide bonds. The van der Waals surface area contributed by atoms with Gasteiger partial charge in [-0.1, -0.05) is 31.4 Å². The molecule has 1 aromatic heterocycles. The van der Waals surface area contributed by atoms with E-state index in [1.807, 2.05) is 31.2 Å². The number of benzene rings is 1. The lowest BCUT2D eigenvalue weighted by atomic mass is 10.1. The van der Waals surface area contributed by atoms with Crippen molar-refractivity contribution in [3.8, 4) is 0 Å². The summed E-state index contributed by atoms with van der Waals surface area (Å²) in [6.07, 6.45) is 5.54. The number of nitrogens with zero attached hydrogens (tertiary/aromatic N) is 1. The number of aromatic nitrogens is 1. The Morgan fingerprint density at radius 1 is 1.29 bits per heavy atom. The van der Waals surface area contributed by atoms with Crippen molar-refractivity contribution in [2.24, 2.45) is 5.73 Å². The molecule has 3 atom stereocenters. The summed E-state index contributed by atoms with van der Waals surface area (Å²) >= 11 is 0. The molecule has 3 unspecified atom stereocenters. The lowest BCUT2D eigenvalue weighted by Gasteiger charge is -2.29. The van der Waals surface area contributed by atoms with Gasteiger partial charge in [-0.05, 0) is 51.3 Å². The van der Waals surface area contributed by atoms with Crippen LogP contribution in [-0.4, -0.2) is 48.9 Å². The monoisotopic (exact) mass is 427 g/mol. The zero-order valence-corrected chi connectivity index (χ0v) is 19.2. The zero-order valence-electron chi connectivity index (χ0n) is 19.2. The number of aryl methyl sites for hydroxylation is 1. The van der Waals surface area contributed by atoms with Crippen LogP contribution >= 0.6 is 0 Å². The zero-order chi connectivity index (χ0) is 22.4. The number of carbonyl (C=O) groups is 1. The molecule has 5 N–H and O–H groups in total. The minimum atomic E-state index is -0.444. The molecule has 1 fully saturated rings. The summed E-state index contributed by atoms with van der Waals surface area (Å²) in [5, 5.41) is 10.9. The maximum absolute atomic E-state index is 12.8. The maximum Gasteiger partial charge on any atom is 0.256 e. The number of anilines is 1. The molecule has 31 heavy (non-hydrogen) atoms. The van der Waals surface area contributed by atoms with E-state index < -0.39 is 6.17 Å². The molecule has 2 aromatic rings. The highest BCUT2D eigenvalue weighted by atomic mass is 16.5. The van der Waals surface area contributed by atoms with E-state index in [9.17, 15) is 4.79 Å². The van der Waals surface area contributed by atoms with Gasteiger partial charge in [0, 0.05) is 31.1 Å². The molecule has 1 aliphatic rings. The average Bonchev–Trinajstić information content (AvgIpc) is 3.25. The van der Waals surface area contributed by atoms with E-state index in [-0.39, 0.29) is 18.1 Å². The van der Waals surface area contributed by atoms with Crippen LogP contribution in [0.4, 0.5) is 5.82 Å². The van der Waals surface area contributed by atoms with Crippen LogP contribution in [0.2, 0.25) is 0 Å². The molecule has 0 aliphatic heterocycles. The summed E-state index contributed by atoms with van der Waals surface area (Å²) in [4.78, 5) is 17.6. The van der Waals surface area contributed by atoms with Gasteiger partial charge in [0.25, 0.3) is 5.91 Å². The molecule has 1 aliphatic carbocycles. The molecule has 1 aromatic carbocycles. The standard InChI is InChI=1S/C24H37N5O2/c1-5-20(28-18-8-6-7-9-18)22(31-4)14-26-23-19(24(30)27-16(3)25)13-17-12-15(2)10-11-21(17)29-23/h10-13,16,18,20,22,28H,5-9,14,25H2,1-4H3,(H,26,29)(H,27,30). The molecule has 1 saturated carbocycles. The van der Waals surface area contributed by atoms with Crippen LogP contribution in [0, 0.1) is 6.92 Å². The first-order valence-corrected chi connectivity index (χ1v) is 11.4.